The third-order valence-corrected chi connectivity index (χ3v) is 4.17. The monoisotopic (exact) mass is 330 g/mol. The molecule has 1 amide bonds. The van der Waals surface area contributed by atoms with Gasteiger partial charge in [-0.25, -0.2) is 4.39 Å². The Morgan fingerprint density at radius 3 is 2.71 bits per heavy atom. The summed E-state index contributed by atoms with van der Waals surface area (Å²) in [5.41, 5.74) is 0.217. The molecular formula is C18H19FN2O3. The molecule has 1 fully saturated rings. The number of carbonyl (C=O) groups excluding carboxylic acids is 1. The molecule has 3 unspecified atom stereocenters. The molecule has 0 spiro atoms. The van der Waals surface area contributed by atoms with Crippen molar-refractivity contribution in [2.24, 2.45) is 5.92 Å². The van der Waals surface area contributed by atoms with E-state index in [1.165, 1.54) is 22.8 Å². The van der Waals surface area contributed by atoms with Crippen molar-refractivity contribution >= 4 is 11.6 Å². The van der Waals surface area contributed by atoms with E-state index in [1.54, 1.807) is 24.4 Å². The molecule has 3 rings (SSSR count). The number of ether oxygens (including phenoxy) is 1. The molecule has 24 heavy (non-hydrogen) atoms. The maximum atomic E-state index is 14.3. The second-order valence-electron chi connectivity index (χ2n) is 6.14. The minimum Gasteiger partial charge on any atom is -0.365 e. The van der Waals surface area contributed by atoms with Crippen LogP contribution in [0.5, 0.6) is 0 Å². The van der Waals surface area contributed by atoms with Crippen molar-refractivity contribution in [2.75, 3.05) is 5.32 Å². The highest BCUT2D eigenvalue weighted by molar-refractivity contribution is 5.94. The van der Waals surface area contributed by atoms with Gasteiger partial charge in [-0.15, -0.1) is 0 Å². The molecule has 1 saturated heterocycles. The van der Waals surface area contributed by atoms with E-state index in [2.05, 4.69) is 5.32 Å². The van der Waals surface area contributed by atoms with Crippen molar-refractivity contribution in [3.8, 4) is 5.69 Å². The van der Waals surface area contributed by atoms with Crippen LogP contribution >= 0.6 is 0 Å². The molecule has 0 saturated carbocycles. The Morgan fingerprint density at radius 1 is 1.29 bits per heavy atom. The van der Waals surface area contributed by atoms with Gasteiger partial charge in [0.2, 0.25) is 0 Å². The number of nitrogens with one attached hydrogen (secondary N) is 1. The zero-order chi connectivity index (χ0) is 17.3. The van der Waals surface area contributed by atoms with Gasteiger partial charge in [0.05, 0.1) is 17.5 Å². The lowest BCUT2D eigenvalue weighted by Gasteiger charge is -2.16. The van der Waals surface area contributed by atoms with E-state index in [9.17, 15) is 14.0 Å². The van der Waals surface area contributed by atoms with Gasteiger partial charge in [0.1, 0.15) is 11.9 Å². The quantitative estimate of drug-likeness (QED) is 0.941. The maximum Gasteiger partial charge on any atom is 0.255 e. The lowest BCUT2D eigenvalue weighted by atomic mass is 10.0. The second kappa shape index (κ2) is 6.57. The van der Waals surface area contributed by atoms with E-state index in [0.29, 0.717) is 5.69 Å². The van der Waals surface area contributed by atoms with Crippen LogP contribution in [0.2, 0.25) is 0 Å². The standard InChI is InChI=1S/C18H19FN2O3/c1-11-9-12(2)24-17(11)18(23)20-15-7-6-13(10-14(15)19)21-8-4-3-5-16(21)22/h3-8,10-12,17H,9H2,1-2H3,(H,20,23). The lowest BCUT2D eigenvalue weighted by molar-refractivity contribution is -0.127. The van der Waals surface area contributed by atoms with Crippen LogP contribution in [0.1, 0.15) is 20.3 Å². The van der Waals surface area contributed by atoms with E-state index >= 15 is 0 Å². The van der Waals surface area contributed by atoms with Gasteiger partial charge in [-0.2, -0.15) is 0 Å². The summed E-state index contributed by atoms with van der Waals surface area (Å²) in [6.07, 6.45) is 1.81. The van der Waals surface area contributed by atoms with Crippen LogP contribution in [0.25, 0.3) is 5.69 Å². The summed E-state index contributed by atoms with van der Waals surface area (Å²) in [7, 11) is 0. The van der Waals surface area contributed by atoms with E-state index in [-0.39, 0.29) is 29.2 Å². The van der Waals surface area contributed by atoms with Crippen molar-refractivity contribution in [3.05, 3.63) is 58.8 Å². The van der Waals surface area contributed by atoms with Crippen molar-refractivity contribution < 1.29 is 13.9 Å². The minimum atomic E-state index is -0.602. The molecular weight excluding hydrogens is 311 g/mol. The molecule has 6 heteroatoms. The Bertz CT molecular complexity index is 818. The topological polar surface area (TPSA) is 60.3 Å². The summed E-state index contributed by atoms with van der Waals surface area (Å²) in [4.78, 5) is 24.1. The summed E-state index contributed by atoms with van der Waals surface area (Å²) in [6, 6.07) is 8.96. The number of pyridine rings is 1. The molecule has 2 aromatic rings. The third-order valence-electron chi connectivity index (χ3n) is 4.17. The van der Waals surface area contributed by atoms with Crippen molar-refractivity contribution in [3.63, 3.8) is 0 Å². The molecule has 3 atom stereocenters. The molecule has 2 heterocycles. The highest BCUT2D eigenvalue weighted by Gasteiger charge is 2.35. The molecule has 5 nitrogen and oxygen atoms in total. The number of benzene rings is 1. The number of carbonyl (C=O) groups is 1. The zero-order valence-electron chi connectivity index (χ0n) is 13.5. The summed E-state index contributed by atoms with van der Waals surface area (Å²) < 4.78 is 21.2. The maximum absolute atomic E-state index is 14.3. The zero-order valence-corrected chi connectivity index (χ0v) is 13.5. The molecule has 1 aromatic heterocycles. The Balaban J connectivity index is 1.80. The van der Waals surface area contributed by atoms with E-state index in [4.69, 9.17) is 4.74 Å². The number of amides is 1. The Labute approximate surface area is 139 Å². The number of rotatable bonds is 3. The van der Waals surface area contributed by atoms with Crippen LogP contribution in [-0.2, 0) is 9.53 Å². The van der Waals surface area contributed by atoms with Crippen molar-refractivity contribution in [2.45, 2.75) is 32.5 Å². The number of hydrogen-bond donors (Lipinski definition) is 1. The summed E-state index contributed by atoms with van der Waals surface area (Å²) >= 11 is 0. The molecule has 1 N–H and O–H groups in total. The first kappa shape index (κ1) is 16.4. The van der Waals surface area contributed by atoms with Gasteiger partial charge in [-0.1, -0.05) is 13.0 Å². The first-order valence-electron chi connectivity index (χ1n) is 7.89. The van der Waals surface area contributed by atoms with Gasteiger partial charge in [-0.05, 0) is 37.5 Å². The molecule has 0 radical (unpaired) electrons. The largest absolute Gasteiger partial charge is 0.365 e. The SMILES string of the molecule is CC1CC(C)C(C(=O)Nc2ccc(-n3ccccc3=O)cc2F)O1. The normalized spacial score (nSPS) is 23.2. The summed E-state index contributed by atoms with van der Waals surface area (Å²) in [6.45, 7) is 3.85. The fourth-order valence-electron chi connectivity index (χ4n) is 3.01. The van der Waals surface area contributed by atoms with Gasteiger partial charge in [0.25, 0.3) is 11.5 Å². The van der Waals surface area contributed by atoms with Crippen LogP contribution in [0, 0.1) is 11.7 Å². The number of hydrogen-bond acceptors (Lipinski definition) is 3. The van der Waals surface area contributed by atoms with E-state index < -0.39 is 11.9 Å². The van der Waals surface area contributed by atoms with Crippen LogP contribution in [0.4, 0.5) is 10.1 Å². The van der Waals surface area contributed by atoms with E-state index in [1.807, 2.05) is 13.8 Å². The van der Waals surface area contributed by atoms with Crippen LogP contribution < -0.4 is 10.9 Å². The summed E-state index contributed by atoms with van der Waals surface area (Å²) in [5.74, 6) is -0.865. The number of aromatic nitrogens is 1. The Morgan fingerprint density at radius 2 is 2.08 bits per heavy atom. The fourth-order valence-corrected chi connectivity index (χ4v) is 3.01. The van der Waals surface area contributed by atoms with Gasteiger partial charge in [0.15, 0.2) is 0 Å². The number of halogens is 1. The third kappa shape index (κ3) is 3.23. The fraction of sp³-hybridized carbons (Fsp3) is 0.333. The molecule has 1 aliphatic rings. The average molecular weight is 330 g/mol. The van der Waals surface area contributed by atoms with Gasteiger partial charge in [-0.3, -0.25) is 14.2 Å². The molecule has 1 aromatic carbocycles. The highest BCUT2D eigenvalue weighted by atomic mass is 19.1. The van der Waals surface area contributed by atoms with Crippen molar-refractivity contribution in [1.29, 1.82) is 0 Å². The smallest absolute Gasteiger partial charge is 0.255 e. The first-order valence-corrected chi connectivity index (χ1v) is 7.89. The van der Waals surface area contributed by atoms with Crippen LogP contribution in [0.15, 0.2) is 47.4 Å². The minimum absolute atomic E-state index is 0.0212. The van der Waals surface area contributed by atoms with Gasteiger partial charge >= 0.3 is 0 Å². The van der Waals surface area contributed by atoms with Gasteiger partial charge < -0.3 is 10.1 Å². The van der Waals surface area contributed by atoms with Crippen LogP contribution in [-0.4, -0.2) is 22.7 Å². The molecule has 1 aliphatic heterocycles. The number of nitrogens with zero attached hydrogens (tertiary/aromatic N) is 1. The average Bonchev–Trinajstić information content (AvgIpc) is 2.88. The first-order chi connectivity index (χ1) is 11.5. The van der Waals surface area contributed by atoms with Crippen molar-refractivity contribution in [1.82, 2.24) is 4.57 Å². The number of anilines is 1. The lowest BCUT2D eigenvalue weighted by Crippen LogP contribution is -2.32. The van der Waals surface area contributed by atoms with Crippen LogP contribution in [0.3, 0.4) is 0 Å². The molecule has 0 bridgehead atoms. The van der Waals surface area contributed by atoms with E-state index in [0.717, 1.165) is 6.42 Å². The Hall–Kier alpha value is -2.47. The molecule has 126 valence electrons. The second-order valence-corrected chi connectivity index (χ2v) is 6.14. The molecule has 0 aliphatic carbocycles. The summed E-state index contributed by atoms with van der Waals surface area (Å²) in [5, 5.41) is 2.57. The van der Waals surface area contributed by atoms with Gasteiger partial charge in [0, 0.05) is 18.3 Å². The predicted molar refractivity (Wildman–Crippen MR) is 88.7 cm³/mol. The predicted octanol–water partition coefficient (Wildman–Crippen LogP) is 2.73. The highest BCUT2D eigenvalue weighted by Crippen LogP contribution is 2.27. The Kier molecular flexibility index (Phi) is 4.49.